The molecule has 0 aliphatic carbocycles. The molecule has 2 aromatic heterocycles. The van der Waals surface area contributed by atoms with Gasteiger partial charge in [0.15, 0.2) is 4.80 Å². The van der Waals surface area contributed by atoms with E-state index in [0.29, 0.717) is 59.9 Å². The Bertz CT molecular complexity index is 1960. The highest BCUT2D eigenvalue weighted by atomic mass is 79.9. The number of hydrogen-bond donors (Lipinski definition) is 0. The molecular weight excluding hydrogens is 706 g/mol. The summed E-state index contributed by atoms with van der Waals surface area (Å²) >= 11 is 8.08. The molecule has 10 nitrogen and oxygen atoms in total. The number of nitrogens with zero attached hydrogens (tertiary/aromatic N) is 3. The molecule has 43 heavy (non-hydrogen) atoms. The molecule has 0 bridgehead atoms. The highest BCUT2D eigenvalue weighted by molar-refractivity contribution is 9.10. The van der Waals surface area contributed by atoms with Crippen molar-refractivity contribution in [2.24, 2.45) is 4.99 Å². The lowest BCUT2D eigenvalue weighted by molar-refractivity contribution is -0.384. The van der Waals surface area contributed by atoms with Crippen LogP contribution in [0.25, 0.3) is 17.4 Å². The van der Waals surface area contributed by atoms with Gasteiger partial charge in [-0.15, -0.1) is 0 Å². The van der Waals surface area contributed by atoms with Gasteiger partial charge in [-0.05, 0) is 65.7 Å². The molecule has 5 rings (SSSR count). The number of methoxy groups -OCH3 is 1. The lowest BCUT2D eigenvalue weighted by Gasteiger charge is -2.27. The number of nitro groups is 1. The molecule has 0 unspecified atom stereocenters. The number of esters is 1. The zero-order chi connectivity index (χ0) is 30.8. The Hall–Kier alpha value is -3.81. The van der Waals surface area contributed by atoms with E-state index in [1.165, 1.54) is 35.1 Å². The topological polar surface area (TPSA) is 126 Å². The van der Waals surface area contributed by atoms with Crippen molar-refractivity contribution in [2.45, 2.75) is 32.7 Å². The van der Waals surface area contributed by atoms with E-state index in [2.05, 4.69) is 31.9 Å². The molecule has 0 amide bonds. The first-order valence-corrected chi connectivity index (χ1v) is 15.7. The first-order valence-electron chi connectivity index (χ1n) is 13.3. The van der Waals surface area contributed by atoms with E-state index in [9.17, 15) is 19.7 Å². The minimum atomic E-state index is -0.838. The molecule has 4 aromatic rings. The summed E-state index contributed by atoms with van der Waals surface area (Å²) in [5.74, 6) is 0.833. The van der Waals surface area contributed by atoms with Gasteiger partial charge in [-0.2, -0.15) is 0 Å². The normalized spacial score (nSPS) is 14.8. The number of carbonyl (C=O) groups excluding carboxylic acids is 1. The van der Waals surface area contributed by atoms with Gasteiger partial charge >= 0.3 is 5.97 Å². The fraction of sp³-hybridized carbons (Fsp3) is 0.233. The van der Waals surface area contributed by atoms with Crippen LogP contribution in [0.4, 0.5) is 5.69 Å². The number of nitro benzene ring substituents is 1. The van der Waals surface area contributed by atoms with Crippen LogP contribution in [0.15, 0.2) is 83.0 Å². The van der Waals surface area contributed by atoms with E-state index in [4.69, 9.17) is 18.9 Å². The monoisotopic (exact) mass is 729 g/mol. The van der Waals surface area contributed by atoms with Gasteiger partial charge in [-0.1, -0.05) is 40.6 Å². The van der Waals surface area contributed by atoms with Crippen molar-refractivity contribution < 1.29 is 23.6 Å². The van der Waals surface area contributed by atoms with E-state index in [-0.39, 0.29) is 17.9 Å². The maximum Gasteiger partial charge on any atom is 0.338 e. The van der Waals surface area contributed by atoms with E-state index >= 15 is 0 Å². The van der Waals surface area contributed by atoms with E-state index in [1.807, 2.05) is 19.1 Å². The molecule has 1 atom stereocenters. The third kappa shape index (κ3) is 6.01. The molecule has 3 heterocycles. The Labute approximate surface area is 266 Å². The molecule has 0 spiro atoms. The lowest BCUT2D eigenvalue weighted by Crippen LogP contribution is -2.40. The summed E-state index contributed by atoms with van der Waals surface area (Å²) in [4.78, 5) is 43.3. The predicted octanol–water partition coefficient (Wildman–Crippen LogP) is 6.28. The molecule has 2 aromatic carbocycles. The third-order valence-corrected chi connectivity index (χ3v) is 8.84. The predicted molar refractivity (Wildman–Crippen MR) is 169 cm³/mol. The molecule has 0 saturated heterocycles. The van der Waals surface area contributed by atoms with Crippen LogP contribution in [-0.2, 0) is 9.53 Å². The molecule has 0 N–H and O–H groups in total. The fourth-order valence-corrected chi connectivity index (χ4v) is 6.80. The van der Waals surface area contributed by atoms with Gasteiger partial charge in [-0.3, -0.25) is 19.5 Å². The van der Waals surface area contributed by atoms with Crippen molar-refractivity contribution in [3.63, 3.8) is 0 Å². The Kier molecular flexibility index (Phi) is 9.13. The molecule has 1 aliphatic rings. The van der Waals surface area contributed by atoms with Crippen molar-refractivity contribution >= 4 is 60.9 Å². The number of carbonyl (C=O) groups is 1. The number of aromatic nitrogens is 1. The molecule has 1 aliphatic heterocycles. The summed E-state index contributed by atoms with van der Waals surface area (Å²) in [6, 6.07) is 12.4. The smallest absolute Gasteiger partial charge is 0.338 e. The standard InChI is InChI=1S/C30H25Br2N3O7S/c1-4-6-22-26(29(37)41-5-2)27(20-13-16(31)7-11-23(20)40-3)34-28(36)25(43-30(34)33-22)15-18-9-12-24(42-18)19-10-8-17(35(38)39)14-21(19)32/h7-15,27H,4-6H2,1-3H3/b25-15+/t27-/m1/s1. The van der Waals surface area contributed by atoms with Crippen molar-refractivity contribution in [3.05, 3.63) is 110 Å². The Morgan fingerprint density at radius 2 is 1.98 bits per heavy atom. The maximum atomic E-state index is 14.1. The second-order valence-corrected chi connectivity index (χ2v) is 12.2. The fourth-order valence-electron chi connectivity index (χ4n) is 4.86. The van der Waals surface area contributed by atoms with Gasteiger partial charge in [0.05, 0.1) is 34.4 Å². The van der Waals surface area contributed by atoms with Crippen LogP contribution in [0.5, 0.6) is 5.75 Å². The largest absolute Gasteiger partial charge is 0.496 e. The second-order valence-electron chi connectivity index (χ2n) is 9.42. The quantitative estimate of drug-likeness (QED) is 0.113. The van der Waals surface area contributed by atoms with E-state index in [1.54, 1.807) is 37.3 Å². The Morgan fingerprint density at radius 1 is 1.19 bits per heavy atom. The van der Waals surface area contributed by atoms with Crippen molar-refractivity contribution in [2.75, 3.05) is 13.7 Å². The van der Waals surface area contributed by atoms with Crippen LogP contribution in [0, 0.1) is 10.1 Å². The number of non-ortho nitro benzene ring substituents is 1. The third-order valence-electron chi connectivity index (χ3n) is 6.71. The molecule has 0 saturated carbocycles. The minimum absolute atomic E-state index is 0.0511. The zero-order valence-corrected chi connectivity index (χ0v) is 27.2. The first kappa shape index (κ1) is 30.6. The van der Waals surface area contributed by atoms with Crippen LogP contribution >= 0.6 is 43.2 Å². The van der Waals surface area contributed by atoms with Crippen LogP contribution in [-0.4, -0.2) is 29.2 Å². The van der Waals surface area contributed by atoms with Gasteiger partial charge in [0.1, 0.15) is 23.3 Å². The number of furan rings is 1. The SMILES string of the molecule is CCCC1=C(C(=O)OCC)[C@@H](c2cc(Br)ccc2OC)n2c(s/c(=C/c3ccc(-c4ccc([N+](=O)[O-])cc4Br)o3)c2=O)=N1. The summed E-state index contributed by atoms with van der Waals surface area (Å²) < 4.78 is 20.3. The van der Waals surface area contributed by atoms with Crippen molar-refractivity contribution in [1.29, 1.82) is 0 Å². The number of thiazole rings is 1. The van der Waals surface area contributed by atoms with Crippen LogP contribution in [0.2, 0.25) is 0 Å². The molecule has 13 heteroatoms. The number of allylic oxidation sites excluding steroid dienone is 1. The molecule has 0 fully saturated rings. The Balaban J connectivity index is 1.68. The number of halogens is 2. The average molecular weight is 731 g/mol. The highest BCUT2D eigenvalue weighted by Crippen LogP contribution is 2.38. The second kappa shape index (κ2) is 12.8. The summed E-state index contributed by atoms with van der Waals surface area (Å²) in [5, 5.41) is 11.1. The van der Waals surface area contributed by atoms with Crippen LogP contribution in [0.3, 0.4) is 0 Å². The van der Waals surface area contributed by atoms with Gasteiger partial charge in [0.25, 0.3) is 11.2 Å². The van der Waals surface area contributed by atoms with E-state index < -0.39 is 16.9 Å². The zero-order valence-electron chi connectivity index (χ0n) is 23.3. The minimum Gasteiger partial charge on any atom is -0.496 e. The number of hydrogen-bond acceptors (Lipinski definition) is 9. The van der Waals surface area contributed by atoms with Crippen LogP contribution < -0.4 is 19.6 Å². The highest BCUT2D eigenvalue weighted by Gasteiger charge is 2.36. The average Bonchev–Trinajstić information content (AvgIpc) is 3.56. The molecule has 222 valence electrons. The lowest BCUT2D eigenvalue weighted by atomic mass is 9.93. The van der Waals surface area contributed by atoms with Gasteiger partial charge < -0.3 is 13.9 Å². The summed E-state index contributed by atoms with van der Waals surface area (Å²) in [7, 11) is 1.54. The molecular formula is C30H25Br2N3O7S. The van der Waals surface area contributed by atoms with Crippen LogP contribution in [0.1, 0.15) is 44.1 Å². The summed E-state index contributed by atoms with van der Waals surface area (Å²) in [6.45, 7) is 3.89. The first-order chi connectivity index (χ1) is 20.7. The van der Waals surface area contributed by atoms with Crippen molar-refractivity contribution in [3.8, 4) is 17.1 Å². The summed E-state index contributed by atoms with van der Waals surface area (Å²) in [5.41, 5.74) is 1.68. The molecule has 0 radical (unpaired) electrons. The van der Waals surface area contributed by atoms with Gasteiger partial charge in [0, 0.05) is 38.3 Å². The van der Waals surface area contributed by atoms with Gasteiger partial charge in [0.2, 0.25) is 0 Å². The number of ether oxygens (including phenoxy) is 2. The Morgan fingerprint density at radius 3 is 2.65 bits per heavy atom. The summed E-state index contributed by atoms with van der Waals surface area (Å²) in [6.07, 6.45) is 2.86. The number of benzene rings is 2. The van der Waals surface area contributed by atoms with E-state index in [0.717, 1.165) is 10.9 Å². The van der Waals surface area contributed by atoms with Crippen molar-refractivity contribution in [1.82, 2.24) is 4.57 Å². The number of fused-ring (bicyclic) bond motifs is 1. The number of rotatable bonds is 9. The van der Waals surface area contributed by atoms with Gasteiger partial charge in [-0.25, -0.2) is 9.79 Å². The maximum absolute atomic E-state index is 14.1.